The third-order valence-electron chi connectivity index (χ3n) is 7.93. The number of para-hydroxylation sites is 2. The quantitative estimate of drug-likeness (QED) is 0.132. The van der Waals surface area contributed by atoms with Crippen LogP contribution in [-0.2, 0) is 18.0 Å². The Balaban J connectivity index is 0.000000132. The molecule has 0 saturated heterocycles. The van der Waals surface area contributed by atoms with Gasteiger partial charge in [0, 0.05) is 34.2 Å². The Morgan fingerprint density at radius 2 is 0.955 bits per heavy atom. The van der Waals surface area contributed by atoms with Gasteiger partial charge in [-0.1, -0.05) is 73.5 Å². The minimum atomic E-state index is -1.65. The first-order chi connectivity index (χ1) is 21.3. The van der Waals surface area contributed by atoms with E-state index in [0.717, 1.165) is 0 Å². The van der Waals surface area contributed by atoms with Crippen LogP contribution in [0.5, 0.6) is 0 Å². The maximum atomic E-state index is 5.62. The fourth-order valence-corrected chi connectivity index (χ4v) is 5.83. The van der Waals surface area contributed by atoms with E-state index in [2.05, 4.69) is 158 Å². The standard InChI is InChI=1S/2C18H14N.C2H6Si.2ClH.Zr/c2*1-12-9-13-5-4-7-14(16(13)10-12)17-11-19-18-8-3-2-6-15(17)18;1-3-2;;;/h2*2-11,19H,1H3;1-2H3;2*1H;/q2*-1;;;;+2/p-2. The third kappa shape index (κ3) is 6.46. The molecule has 8 rings (SSSR count). The number of aromatic nitrogens is 2. The smallest absolute Gasteiger partial charge is 0.0460 e. The maximum Gasteiger partial charge on any atom is 0.0460 e. The number of fused-ring (bicyclic) bond motifs is 4. The molecule has 0 fully saturated rings. The number of halogens is 2. The van der Waals surface area contributed by atoms with Gasteiger partial charge in [0.1, 0.15) is 0 Å². The molecular weight excluding hydrogens is 675 g/mol. The summed E-state index contributed by atoms with van der Waals surface area (Å²) >= 11 is -1.65. The second-order valence-corrected chi connectivity index (χ2v) is 34.4. The van der Waals surface area contributed by atoms with Gasteiger partial charge >= 0.3 is 53.5 Å². The number of aromatic amines is 2. The average molecular weight is 709 g/mol. The average Bonchev–Trinajstić information content (AvgIpc) is 3.80. The molecule has 6 heteroatoms. The van der Waals surface area contributed by atoms with Crippen molar-refractivity contribution in [1.82, 2.24) is 9.97 Å². The predicted octanol–water partition coefficient (Wildman–Crippen LogP) is 12.2. The van der Waals surface area contributed by atoms with Gasteiger partial charge in [-0.25, -0.2) is 0 Å². The first-order valence-corrected chi connectivity index (χ1v) is 27.3. The van der Waals surface area contributed by atoms with Crippen LogP contribution in [0.3, 0.4) is 0 Å². The summed E-state index contributed by atoms with van der Waals surface area (Å²) in [6, 6.07) is 39.0. The van der Waals surface area contributed by atoms with E-state index in [1.54, 1.807) is 0 Å². The van der Waals surface area contributed by atoms with Crippen molar-refractivity contribution in [3.8, 4) is 22.3 Å². The molecule has 0 atom stereocenters. The van der Waals surface area contributed by atoms with E-state index in [1.807, 2.05) is 0 Å². The normalized spacial score (nSPS) is 11.0. The van der Waals surface area contributed by atoms with E-state index < -0.39 is 18.0 Å². The Hall–Kier alpha value is -3.14. The number of benzene rings is 4. The number of hydrogen-bond donors (Lipinski definition) is 2. The van der Waals surface area contributed by atoms with E-state index in [-0.39, 0.29) is 5.43 Å². The molecular formula is C38H34Cl2N2SiZr-2. The summed E-state index contributed by atoms with van der Waals surface area (Å²) in [5, 5.41) is 7.89. The Kier molecular flexibility index (Phi) is 9.45. The summed E-state index contributed by atoms with van der Waals surface area (Å²) in [5.74, 6) is 0. The fourth-order valence-electron chi connectivity index (χ4n) is 5.83. The molecule has 0 aliphatic carbocycles. The second-order valence-electron chi connectivity index (χ2n) is 11.4. The van der Waals surface area contributed by atoms with Crippen molar-refractivity contribution in [2.45, 2.75) is 26.9 Å². The Bertz CT molecular complexity index is 2100. The topological polar surface area (TPSA) is 31.6 Å². The van der Waals surface area contributed by atoms with Crippen LogP contribution in [0, 0.1) is 13.8 Å². The predicted molar refractivity (Wildman–Crippen MR) is 192 cm³/mol. The molecule has 2 nitrogen and oxygen atoms in total. The van der Waals surface area contributed by atoms with Crippen LogP contribution in [0.25, 0.3) is 65.6 Å². The van der Waals surface area contributed by atoms with Crippen LogP contribution in [0.1, 0.15) is 11.1 Å². The van der Waals surface area contributed by atoms with Crippen LogP contribution < -0.4 is 0 Å². The summed E-state index contributed by atoms with van der Waals surface area (Å²) in [4.78, 5) is 6.72. The van der Waals surface area contributed by atoms with Crippen molar-refractivity contribution in [3.05, 3.63) is 133 Å². The number of hydrogen-bond acceptors (Lipinski definition) is 0. The molecule has 0 unspecified atom stereocenters. The van der Waals surface area contributed by atoms with Crippen LogP contribution in [0.4, 0.5) is 0 Å². The molecule has 2 N–H and O–H groups in total. The molecule has 44 heavy (non-hydrogen) atoms. The summed E-state index contributed by atoms with van der Waals surface area (Å²) in [5.41, 5.74) is 9.99. The Morgan fingerprint density at radius 1 is 0.545 bits per heavy atom. The van der Waals surface area contributed by atoms with Crippen LogP contribution in [0.15, 0.2) is 122 Å². The summed E-state index contributed by atoms with van der Waals surface area (Å²) in [6.07, 6.45) is 4.23. The third-order valence-corrected chi connectivity index (χ3v) is 27.7. The van der Waals surface area contributed by atoms with Gasteiger partial charge in [-0.05, 0) is 23.3 Å². The number of H-pyrrole nitrogens is 2. The first-order valence-electron chi connectivity index (χ1n) is 14.7. The van der Waals surface area contributed by atoms with Crippen LogP contribution >= 0.6 is 17.0 Å². The van der Waals surface area contributed by atoms with Gasteiger partial charge < -0.3 is 9.97 Å². The first kappa shape index (κ1) is 30.9. The monoisotopic (exact) mass is 706 g/mol. The van der Waals surface area contributed by atoms with Gasteiger partial charge in [0.25, 0.3) is 0 Å². The molecule has 0 aliphatic rings. The molecule has 8 aromatic rings. The van der Waals surface area contributed by atoms with Gasteiger partial charge in [0.2, 0.25) is 0 Å². The number of nitrogens with one attached hydrogen (secondary N) is 2. The SMILES string of the molecule is C[Si](C)=[Zr]([Cl])[Cl].Cc1cc2c(-c3c[nH]c4ccccc34)cccc2[cH-]1.Cc1cc2c(-c3c[nH]c4ccccc34)cccc2[cH-]1. The zero-order valence-electron chi connectivity index (χ0n) is 25.3. The van der Waals surface area contributed by atoms with Crippen molar-refractivity contribution in [2.75, 3.05) is 0 Å². The van der Waals surface area contributed by atoms with Gasteiger partial charge in [0.15, 0.2) is 0 Å². The van der Waals surface area contributed by atoms with E-state index in [1.165, 1.54) is 76.7 Å². The second kappa shape index (κ2) is 13.5. The minimum Gasteiger partial charge on any atom is -0.361 e. The van der Waals surface area contributed by atoms with E-state index in [0.29, 0.717) is 0 Å². The van der Waals surface area contributed by atoms with E-state index in [4.69, 9.17) is 17.0 Å². The van der Waals surface area contributed by atoms with Crippen molar-refractivity contribution in [1.29, 1.82) is 0 Å². The molecule has 6 aromatic carbocycles. The molecule has 0 aliphatic heterocycles. The Labute approximate surface area is 273 Å². The van der Waals surface area contributed by atoms with Crippen molar-refractivity contribution < 1.29 is 18.0 Å². The van der Waals surface area contributed by atoms with Gasteiger partial charge in [0.05, 0.1) is 0 Å². The molecule has 0 bridgehead atoms. The minimum absolute atomic E-state index is 0.224. The fraction of sp³-hybridized carbons (Fsp3) is 0.105. The number of rotatable bonds is 2. The maximum absolute atomic E-state index is 5.62. The van der Waals surface area contributed by atoms with Gasteiger partial charge in [-0.2, -0.15) is 12.1 Å². The molecule has 0 spiro atoms. The molecule has 2 heterocycles. The van der Waals surface area contributed by atoms with E-state index in [9.17, 15) is 0 Å². The zero-order valence-corrected chi connectivity index (χ0v) is 30.3. The largest absolute Gasteiger partial charge is 0.361 e. The van der Waals surface area contributed by atoms with Crippen molar-refractivity contribution in [3.63, 3.8) is 0 Å². The van der Waals surface area contributed by atoms with Crippen molar-refractivity contribution >= 4 is 65.8 Å². The zero-order chi connectivity index (χ0) is 30.8. The van der Waals surface area contributed by atoms with Crippen LogP contribution in [0.2, 0.25) is 13.1 Å². The number of aryl methyl sites for hydroxylation is 2. The summed E-state index contributed by atoms with van der Waals surface area (Å²) in [6.45, 7) is 8.64. The molecule has 0 radical (unpaired) electrons. The Morgan fingerprint density at radius 3 is 1.36 bits per heavy atom. The van der Waals surface area contributed by atoms with Gasteiger partial charge in [-0.15, -0.1) is 69.1 Å². The molecule has 220 valence electrons. The summed E-state index contributed by atoms with van der Waals surface area (Å²) < 4.78 is 0. The molecule has 0 saturated carbocycles. The summed E-state index contributed by atoms with van der Waals surface area (Å²) in [7, 11) is 11.2. The molecule has 2 aromatic heterocycles. The van der Waals surface area contributed by atoms with E-state index >= 15 is 0 Å². The van der Waals surface area contributed by atoms with Crippen LogP contribution in [-0.4, -0.2) is 15.4 Å². The molecule has 0 amide bonds. The van der Waals surface area contributed by atoms with Gasteiger partial charge in [-0.3, -0.25) is 0 Å². The van der Waals surface area contributed by atoms with Crippen molar-refractivity contribution in [2.24, 2.45) is 0 Å².